The average molecular weight is 314 g/mol. The van der Waals surface area contributed by atoms with Gasteiger partial charge < -0.3 is 4.74 Å². The number of fused-ring (bicyclic) bond motifs is 1. The first-order valence-corrected chi connectivity index (χ1v) is 6.53. The summed E-state index contributed by atoms with van der Waals surface area (Å²) >= 11 is 5.89. The van der Waals surface area contributed by atoms with E-state index in [9.17, 15) is 4.79 Å². The van der Waals surface area contributed by atoms with Crippen molar-refractivity contribution in [1.29, 1.82) is 5.26 Å². The molecule has 22 heavy (non-hydrogen) atoms. The van der Waals surface area contributed by atoms with E-state index in [0.29, 0.717) is 16.7 Å². The molecule has 0 bridgehead atoms. The fraction of sp³-hybridized carbons (Fsp3) is 0.0714. The number of benzene rings is 1. The van der Waals surface area contributed by atoms with E-state index in [4.69, 9.17) is 21.6 Å². The molecule has 2 aromatic heterocycles. The minimum absolute atomic E-state index is 0.218. The van der Waals surface area contributed by atoms with Crippen molar-refractivity contribution < 1.29 is 9.53 Å². The summed E-state index contributed by atoms with van der Waals surface area (Å²) < 4.78 is 6.71. The molecule has 0 spiro atoms. The Morgan fingerprint density at radius 1 is 1.41 bits per heavy atom. The Bertz CT molecular complexity index is 929. The Labute approximate surface area is 129 Å². The highest BCUT2D eigenvalue weighted by atomic mass is 35.5. The average Bonchev–Trinajstić information content (AvgIpc) is 2.88. The molecule has 2 heterocycles. The zero-order valence-electron chi connectivity index (χ0n) is 11.3. The lowest BCUT2D eigenvalue weighted by molar-refractivity contribution is 0.0734. The Morgan fingerprint density at radius 3 is 2.95 bits per heavy atom. The van der Waals surface area contributed by atoms with Crippen LogP contribution in [0.3, 0.4) is 0 Å². The maximum Gasteiger partial charge on any atom is 0.345 e. The van der Waals surface area contributed by atoms with Gasteiger partial charge in [0.1, 0.15) is 17.3 Å². The minimum Gasteiger partial charge on any atom is -0.423 e. The lowest BCUT2D eigenvalue weighted by Gasteiger charge is -2.05. The molecule has 0 aliphatic rings. The maximum absolute atomic E-state index is 12.1. The molecule has 108 valence electrons. The lowest BCUT2D eigenvalue weighted by atomic mass is 10.2. The van der Waals surface area contributed by atoms with Crippen molar-refractivity contribution in [2.24, 2.45) is 7.05 Å². The van der Waals surface area contributed by atoms with E-state index in [0.717, 1.165) is 0 Å². The third-order valence-electron chi connectivity index (χ3n) is 2.95. The van der Waals surface area contributed by atoms with E-state index in [1.807, 2.05) is 6.07 Å². The van der Waals surface area contributed by atoms with Crippen LogP contribution in [0.1, 0.15) is 15.9 Å². The van der Waals surface area contributed by atoms with Crippen LogP contribution in [-0.4, -0.2) is 25.9 Å². The fourth-order valence-electron chi connectivity index (χ4n) is 1.85. The molecule has 7 nitrogen and oxygen atoms in total. The van der Waals surface area contributed by atoms with Crippen LogP contribution < -0.4 is 4.74 Å². The summed E-state index contributed by atoms with van der Waals surface area (Å²) in [6, 6.07) is 7.86. The summed E-state index contributed by atoms with van der Waals surface area (Å²) in [5.41, 5.74) is 1.62. The van der Waals surface area contributed by atoms with E-state index in [-0.39, 0.29) is 16.3 Å². The van der Waals surface area contributed by atoms with Gasteiger partial charge in [0.15, 0.2) is 5.65 Å². The zero-order valence-corrected chi connectivity index (χ0v) is 12.1. The predicted molar refractivity (Wildman–Crippen MR) is 77.4 cm³/mol. The summed E-state index contributed by atoms with van der Waals surface area (Å²) in [6.45, 7) is 0. The summed E-state index contributed by atoms with van der Waals surface area (Å²) in [4.78, 5) is 16.2. The van der Waals surface area contributed by atoms with Gasteiger partial charge in [0, 0.05) is 19.3 Å². The van der Waals surface area contributed by atoms with E-state index >= 15 is 0 Å². The maximum atomic E-state index is 12.1. The van der Waals surface area contributed by atoms with Crippen molar-refractivity contribution in [2.45, 2.75) is 0 Å². The Hall–Kier alpha value is -2.98. The van der Waals surface area contributed by atoms with E-state index in [1.165, 1.54) is 29.1 Å². The molecular weight excluding hydrogens is 306 g/mol. The molecule has 0 unspecified atom stereocenters. The monoisotopic (exact) mass is 313 g/mol. The SMILES string of the molecule is Cn1nnc2cc(C(=O)Oc3ccc(C#N)c(Cl)c3)cnc21. The number of nitrogens with zero attached hydrogens (tertiary/aromatic N) is 5. The molecular formula is C14H8ClN5O2. The van der Waals surface area contributed by atoms with Gasteiger partial charge in [-0.15, -0.1) is 5.10 Å². The highest BCUT2D eigenvalue weighted by Gasteiger charge is 2.13. The summed E-state index contributed by atoms with van der Waals surface area (Å²) in [5.74, 6) is -0.353. The third kappa shape index (κ3) is 2.47. The molecule has 0 N–H and O–H groups in total. The smallest absolute Gasteiger partial charge is 0.345 e. The number of nitriles is 1. The number of pyridine rings is 1. The van der Waals surface area contributed by atoms with Crippen LogP contribution in [0.2, 0.25) is 5.02 Å². The number of ether oxygens (including phenoxy) is 1. The van der Waals surface area contributed by atoms with Crippen LogP contribution in [0.4, 0.5) is 0 Å². The topological polar surface area (TPSA) is 93.7 Å². The summed E-state index contributed by atoms with van der Waals surface area (Å²) in [5, 5.41) is 16.7. The molecule has 8 heteroatoms. The van der Waals surface area contributed by atoms with Gasteiger partial charge in [0.2, 0.25) is 0 Å². The van der Waals surface area contributed by atoms with Gasteiger partial charge >= 0.3 is 5.97 Å². The van der Waals surface area contributed by atoms with Crippen molar-refractivity contribution in [2.75, 3.05) is 0 Å². The molecule has 0 aliphatic heterocycles. The van der Waals surface area contributed by atoms with Crippen molar-refractivity contribution in [3.63, 3.8) is 0 Å². The number of carbonyl (C=O) groups is 1. The van der Waals surface area contributed by atoms with Gasteiger partial charge in [-0.25, -0.2) is 14.5 Å². The lowest BCUT2D eigenvalue weighted by Crippen LogP contribution is -2.09. The molecule has 0 amide bonds. The predicted octanol–water partition coefficient (Wildman–Crippen LogP) is 2.11. The zero-order chi connectivity index (χ0) is 15.7. The second kappa shape index (κ2) is 5.42. The van der Waals surface area contributed by atoms with Crippen LogP contribution in [-0.2, 0) is 7.05 Å². The molecule has 0 aliphatic carbocycles. The summed E-state index contributed by atoms with van der Waals surface area (Å²) in [6.07, 6.45) is 1.39. The number of aryl methyl sites for hydroxylation is 1. The largest absolute Gasteiger partial charge is 0.423 e. The number of esters is 1. The van der Waals surface area contributed by atoms with Gasteiger partial charge in [-0.1, -0.05) is 16.8 Å². The second-order valence-corrected chi connectivity index (χ2v) is 4.83. The second-order valence-electron chi connectivity index (χ2n) is 4.42. The van der Waals surface area contributed by atoms with Gasteiger partial charge in [0.25, 0.3) is 0 Å². The standard InChI is InChI=1S/C14H8ClN5O2/c1-20-13-12(18-19-20)4-9(7-17-13)14(21)22-10-3-2-8(6-16)11(15)5-10/h2-5,7H,1H3. The van der Waals surface area contributed by atoms with Gasteiger partial charge in [-0.2, -0.15) is 5.26 Å². The molecule has 0 saturated carbocycles. The number of hydrogen-bond donors (Lipinski definition) is 0. The van der Waals surface area contributed by atoms with Crippen molar-refractivity contribution in [1.82, 2.24) is 20.0 Å². The Morgan fingerprint density at radius 2 is 2.23 bits per heavy atom. The van der Waals surface area contributed by atoms with Crippen molar-refractivity contribution in [3.05, 3.63) is 46.6 Å². The molecule has 0 fully saturated rings. The van der Waals surface area contributed by atoms with Gasteiger partial charge in [-0.3, -0.25) is 0 Å². The van der Waals surface area contributed by atoms with Crippen LogP contribution in [0.25, 0.3) is 11.2 Å². The molecule has 0 saturated heterocycles. The van der Waals surface area contributed by atoms with Crippen molar-refractivity contribution in [3.8, 4) is 11.8 Å². The number of halogens is 1. The molecule has 3 rings (SSSR count). The van der Waals surface area contributed by atoms with E-state index in [1.54, 1.807) is 13.1 Å². The normalized spacial score (nSPS) is 10.4. The minimum atomic E-state index is -0.596. The van der Waals surface area contributed by atoms with Gasteiger partial charge in [0.05, 0.1) is 16.1 Å². The highest BCUT2D eigenvalue weighted by molar-refractivity contribution is 6.31. The first-order valence-electron chi connectivity index (χ1n) is 6.16. The van der Waals surface area contributed by atoms with Crippen LogP contribution >= 0.6 is 11.6 Å². The van der Waals surface area contributed by atoms with Crippen LogP contribution in [0, 0.1) is 11.3 Å². The highest BCUT2D eigenvalue weighted by Crippen LogP contribution is 2.22. The number of hydrogen-bond acceptors (Lipinski definition) is 6. The van der Waals surface area contributed by atoms with Crippen LogP contribution in [0.5, 0.6) is 5.75 Å². The van der Waals surface area contributed by atoms with Crippen LogP contribution in [0.15, 0.2) is 30.5 Å². The summed E-state index contributed by atoms with van der Waals surface area (Å²) in [7, 11) is 1.71. The molecule has 0 radical (unpaired) electrons. The number of carbonyl (C=O) groups excluding carboxylic acids is 1. The Kier molecular flexibility index (Phi) is 3.45. The third-order valence-corrected chi connectivity index (χ3v) is 3.26. The van der Waals surface area contributed by atoms with E-state index in [2.05, 4.69) is 15.3 Å². The van der Waals surface area contributed by atoms with E-state index < -0.39 is 5.97 Å². The first-order chi connectivity index (χ1) is 10.6. The number of aromatic nitrogens is 4. The fourth-order valence-corrected chi connectivity index (χ4v) is 2.07. The quantitative estimate of drug-likeness (QED) is 0.531. The molecule has 1 aromatic carbocycles. The first kappa shape index (κ1) is 14.0. The Balaban J connectivity index is 1.86. The molecule has 0 atom stereocenters. The van der Waals surface area contributed by atoms with Crippen molar-refractivity contribution >= 4 is 28.7 Å². The van der Waals surface area contributed by atoms with Gasteiger partial charge in [-0.05, 0) is 18.2 Å². The molecule has 3 aromatic rings. The number of rotatable bonds is 2.